The number of hydrogen-bond acceptors (Lipinski definition) is 5. The second-order valence-corrected chi connectivity index (χ2v) is 14.3. The molecule has 1 aromatic carbocycles. The molecular formula is C23H42NO6PS2. The predicted octanol–water partition coefficient (Wildman–Crippen LogP) is 5.99. The molecule has 7 nitrogen and oxygen atoms in total. The molecule has 0 saturated carbocycles. The van der Waals surface area contributed by atoms with Crippen molar-refractivity contribution in [1.29, 1.82) is 0 Å². The first kappa shape index (κ1) is 30.3. The lowest BCUT2D eigenvalue weighted by molar-refractivity contribution is 0.476. The first-order chi connectivity index (χ1) is 15.7. The zero-order valence-electron chi connectivity index (χ0n) is 19.7. The third-order valence-electron chi connectivity index (χ3n) is 5.53. The van der Waals surface area contributed by atoms with Gasteiger partial charge >= 0.3 is 0 Å². The largest absolute Gasteiger partial charge is 0.381 e. The van der Waals surface area contributed by atoms with Gasteiger partial charge < -0.3 is 5.32 Å². The highest BCUT2D eigenvalue weighted by molar-refractivity contribution is 7.86. The van der Waals surface area contributed by atoms with Gasteiger partial charge in [0, 0.05) is 12.0 Å². The van der Waals surface area contributed by atoms with E-state index in [2.05, 4.69) is 17.4 Å². The van der Waals surface area contributed by atoms with E-state index in [0.717, 1.165) is 63.3 Å². The fourth-order valence-electron chi connectivity index (χ4n) is 3.68. The van der Waals surface area contributed by atoms with Crippen molar-refractivity contribution in [1.82, 2.24) is 0 Å². The molecule has 0 spiro atoms. The molecule has 0 bridgehead atoms. The number of hydrogen-bond donors (Lipinski definition) is 3. The van der Waals surface area contributed by atoms with Gasteiger partial charge in [-0.25, -0.2) is 0 Å². The highest BCUT2D eigenvalue weighted by atomic mass is 32.2. The summed E-state index contributed by atoms with van der Waals surface area (Å²) in [5.74, 6) is -0.270. The standard InChI is InChI=1S/C23H42NO6PS2/c25-32(26,27)20-14-7-3-1-5-12-18-31(22-24-23-16-10-9-11-17-23)19-13-6-2-4-8-15-21-33(28,29)30/h9-11,16-17,24H,1-8,12-15,18-22H2,(H,25,26,27)(H,28,29,30). The average molecular weight is 524 g/mol. The lowest BCUT2D eigenvalue weighted by atomic mass is 10.1. The summed E-state index contributed by atoms with van der Waals surface area (Å²) in [6.07, 6.45) is 15.1. The van der Waals surface area contributed by atoms with E-state index in [1.54, 1.807) is 0 Å². The Morgan fingerprint density at radius 1 is 0.606 bits per heavy atom. The quantitative estimate of drug-likeness (QED) is 0.103. The van der Waals surface area contributed by atoms with Crippen LogP contribution < -0.4 is 5.32 Å². The molecule has 0 atom stereocenters. The third-order valence-corrected chi connectivity index (χ3v) is 9.65. The Morgan fingerprint density at radius 3 is 1.42 bits per heavy atom. The van der Waals surface area contributed by atoms with Crippen molar-refractivity contribution in [2.45, 2.75) is 77.0 Å². The predicted molar refractivity (Wildman–Crippen MR) is 140 cm³/mol. The van der Waals surface area contributed by atoms with Crippen LogP contribution in [0.4, 0.5) is 5.69 Å². The lowest BCUT2D eigenvalue weighted by Gasteiger charge is -2.19. The maximum absolute atomic E-state index is 10.7. The Labute approximate surface area is 202 Å². The minimum absolute atomic E-state index is 0.106. The zero-order valence-corrected chi connectivity index (χ0v) is 22.2. The molecule has 192 valence electrons. The molecular weight excluding hydrogens is 481 g/mol. The van der Waals surface area contributed by atoms with Crippen molar-refractivity contribution in [3.63, 3.8) is 0 Å². The van der Waals surface area contributed by atoms with E-state index in [1.807, 2.05) is 18.2 Å². The van der Waals surface area contributed by atoms with Crippen LogP contribution in [0.15, 0.2) is 30.3 Å². The number of anilines is 1. The van der Waals surface area contributed by atoms with E-state index < -0.39 is 20.2 Å². The lowest BCUT2D eigenvalue weighted by Crippen LogP contribution is -2.05. The topological polar surface area (TPSA) is 121 Å². The molecule has 0 aromatic heterocycles. The maximum atomic E-state index is 10.7. The summed E-state index contributed by atoms with van der Waals surface area (Å²) in [6, 6.07) is 10.3. The molecule has 3 N–H and O–H groups in total. The molecule has 0 fully saturated rings. The van der Waals surface area contributed by atoms with Crippen molar-refractivity contribution in [3.05, 3.63) is 30.3 Å². The van der Waals surface area contributed by atoms with E-state index in [0.29, 0.717) is 12.8 Å². The summed E-state index contributed by atoms with van der Waals surface area (Å²) < 4.78 is 60.5. The van der Waals surface area contributed by atoms with Gasteiger partial charge in [-0.05, 0) is 50.1 Å². The molecule has 1 aromatic rings. The van der Waals surface area contributed by atoms with Gasteiger partial charge in [0.15, 0.2) is 0 Å². The fourth-order valence-corrected chi connectivity index (χ4v) is 7.11. The van der Waals surface area contributed by atoms with Crippen LogP contribution in [0.3, 0.4) is 0 Å². The summed E-state index contributed by atoms with van der Waals surface area (Å²) in [7, 11) is -7.76. The van der Waals surface area contributed by atoms with Crippen molar-refractivity contribution in [3.8, 4) is 0 Å². The van der Waals surface area contributed by atoms with E-state index in [4.69, 9.17) is 9.11 Å². The average Bonchev–Trinajstić information content (AvgIpc) is 2.74. The van der Waals surface area contributed by atoms with Crippen LogP contribution in [0.1, 0.15) is 77.0 Å². The normalized spacial score (nSPS) is 12.3. The smallest absolute Gasteiger partial charge is 0.264 e. The van der Waals surface area contributed by atoms with Gasteiger partial charge in [-0.15, -0.1) is 0 Å². The molecule has 0 unspecified atom stereocenters. The number of unbranched alkanes of at least 4 members (excludes halogenated alkanes) is 10. The van der Waals surface area contributed by atoms with Gasteiger partial charge in [0.2, 0.25) is 0 Å². The highest BCUT2D eigenvalue weighted by Gasteiger charge is 2.09. The summed E-state index contributed by atoms with van der Waals surface area (Å²) in [4.78, 5) is 0. The van der Waals surface area contributed by atoms with Crippen LogP contribution >= 0.6 is 7.92 Å². The van der Waals surface area contributed by atoms with Crippen LogP contribution in [-0.2, 0) is 20.2 Å². The van der Waals surface area contributed by atoms with E-state index in [1.165, 1.54) is 25.2 Å². The maximum Gasteiger partial charge on any atom is 0.264 e. The minimum atomic E-state index is -3.82. The van der Waals surface area contributed by atoms with Crippen LogP contribution in [0, 0.1) is 0 Å². The number of para-hydroxylation sites is 1. The number of rotatable bonds is 21. The number of benzene rings is 1. The third kappa shape index (κ3) is 20.4. The molecule has 0 aliphatic carbocycles. The van der Waals surface area contributed by atoms with Gasteiger partial charge in [0.1, 0.15) is 0 Å². The van der Waals surface area contributed by atoms with E-state index in [-0.39, 0.29) is 19.4 Å². The second kappa shape index (κ2) is 17.7. The Hall–Kier alpha value is -0.730. The zero-order chi connectivity index (χ0) is 24.4. The van der Waals surface area contributed by atoms with Crippen molar-refractivity contribution >= 4 is 33.8 Å². The second-order valence-electron chi connectivity index (χ2n) is 8.63. The van der Waals surface area contributed by atoms with Crippen LogP contribution in [0.5, 0.6) is 0 Å². The summed E-state index contributed by atoms with van der Waals surface area (Å²) in [6.45, 7) is 0. The molecule has 0 aliphatic heterocycles. The molecule has 10 heteroatoms. The summed E-state index contributed by atoms with van der Waals surface area (Å²) in [5.41, 5.74) is 1.16. The van der Waals surface area contributed by atoms with E-state index >= 15 is 0 Å². The van der Waals surface area contributed by atoms with Crippen molar-refractivity contribution < 1.29 is 25.9 Å². The number of nitrogens with one attached hydrogen (secondary N) is 1. The van der Waals surface area contributed by atoms with Crippen molar-refractivity contribution in [2.24, 2.45) is 0 Å². The molecule has 0 aliphatic rings. The molecule has 0 amide bonds. The molecule has 0 saturated heterocycles. The Balaban J connectivity index is 2.21. The van der Waals surface area contributed by atoms with E-state index in [9.17, 15) is 16.8 Å². The summed E-state index contributed by atoms with van der Waals surface area (Å²) in [5, 5.41) is 3.58. The SMILES string of the molecule is O=S(=O)(O)CCCCCCCCP(CCCCCCCCS(=O)(=O)O)CNc1ccccc1. The fraction of sp³-hybridized carbons (Fsp3) is 0.739. The Kier molecular flexibility index (Phi) is 16.2. The van der Waals surface area contributed by atoms with Crippen LogP contribution in [-0.4, -0.2) is 56.1 Å². The highest BCUT2D eigenvalue weighted by Crippen LogP contribution is 2.38. The van der Waals surface area contributed by atoms with Gasteiger partial charge in [0.05, 0.1) is 11.5 Å². The molecule has 0 radical (unpaired) electrons. The first-order valence-electron chi connectivity index (χ1n) is 12.1. The minimum Gasteiger partial charge on any atom is -0.381 e. The van der Waals surface area contributed by atoms with Gasteiger partial charge in [-0.3, -0.25) is 9.11 Å². The Bertz CT molecular complexity index is 771. The molecule has 33 heavy (non-hydrogen) atoms. The van der Waals surface area contributed by atoms with Crippen molar-refractivity contribution in [2.75, 3.05) is 35.4 Å². The van der Waals surface area contributed by atoms with Crippen LogP contribution in [0.2, 0.25) is 0 Å². The molecule has 0 heterocycles. The van der Waals surface area contributed by atoms with Crippen LogP contribution in [0.25, 0.3) is 0 Å². The van der Waals surface area contributed by atoms with Gasteiger partial charge in [-0.1, -0.05) is 77.5 Å². The van der Waals surface area contributed by atoms with Gasteiger partial charge in [0.25, 0.3) is 20.2 Å². The first-order valence-corrected chi connectivity index (χ1v) is 17.2. The molecule has 1 rings (SSSR count). The summed E-state index contributed by atoms with van der Waals surface area (Å²) >= 11 is 0. The van der Waals surface area contributed by atoms with Gasteiger partial charge in [-0.2, -0.15) is 16.8 Å². The monoisotopic (exact) mass is 523 g/mol. The Morgan fingerprint density at radius 2 is 1.00 bits per heavy atom.